The van der Waals surface area contributed by atoms with Crippen molar-refractivity contribution in [3.8, 4) is 11.4 Å². The largest absolute Gasteiger partial charge is 0.312 e. The SMILES string of the molecule is C=Nc1c(C)nc(-c2ccccc2)n1C. The van der Waals surface area contributed by atoms with Crippen LogP contribution in [0.4, 0.5) is 5.82 Å². The maximum atomic E-state index is 4.48. The molecular formula is C12H13N3. The standard InChI is InChI=1S/C12H13N3/c1-9-11(13-2)15(3)12(14-9)10-7-5-4-6-8-10/h4-8H,2H2,1,3H3. The summed E-state index contributed by atoms with van der Waals surface area (Å²) in [5.74, 6) is 1.75. The fraction of sp³-hybridized carbons (Fsp3) is 0.167. The molecule has 0 saturated carbocycles. The Bertz CT molecular complexity index is 483. The van der Waals surface area contributed by atoms with Crippen molar-refractivity contribution in [3.63, 3.8) is 0 Å². The fourth-order valence-corrected chi connectivity index (χ4v) is 1.69. The van der Waals surface area contributed by atoms with E-state index in [1.54, 1.807) is 0 Å². The second-order valence-corrected chi connectivity index (χ2v) is 3.43. The first-order valence-electron chi connectivity index (χ1n) is 4.79. The van der Waals surface area contributed by atoms with Crippen LogP contribution in [0.2, 0.25) is 0 Å². The summed E-state index contributed by atoms with van der Waals surface area (Å²) >= 11 is 0. The molecule has 3 nitrogen and oxygen atoms in total. The Kier molecular flexibility index (Phi) is 2.37. The zero-order chi connectivity index (χ0) is 10.8. The first-order valence-corrected chi connectivity index (χ1v) is 4.79. The van der Waals surface area contributed by atoms with Crippen molar-refractivity contribution in [1.82, 2.24) is 9.55 Å². The lowest BCUT2D eigenvalue weighted by molar-refractivity contribution is 0.924. The summed E-state index contributed by atoms with van der Waals surface area (Å²) in [4.78, 5) is 8.45. The molecule has 1 heterocycles. The van der Waals surface area contributed by atoms with Crippen molar-refractivity contribution in [2.45, 2.75) is 6.92 Å². The minimum absolute atomic E-state index is 0.828. The number of nitrogens with zero attached hydrogens (tertiary/aromatic N) is 3. The van der Waals surface area contributed by atoms with Gasteiger partial charge in [-0.3, -0.25) is 0 Å². The molecule has 0 N–H and O–H groups in total. The first kappa shape index (κ1) is 9.65. The molecule has 0 saturated heterocycles. The Labute approximate surface area is 89.1 Å². The molecular weight excluding hydrogens is 186 g/mol. The minimum atomic E-state index is 0.828. The third-order valence-corrected chi connectivity index (χ3v) is 2.41. The van der Waals surface area contributed by atoms with Crippen LogP contribution < -0.4 is 0 Å². The van der Waals surface area contributed by atoms with Gasteiger partial charge in [-0.05, 0) is 13.6 Å². The molecule has 0 bridgehead atoms. The summed E-state index contributed by atoms with van der Waals surface area (Å²) in [5.41, 5.74) is 2.00. The predicted molar refractivity (Wildman–Crippen MR) is 62.6 cm³/mol. The third-order valence-electron chi connectivity index (χ3n) is 2.41. The number of aromatic nitrogens is 2. The van der Waals surface area contributed by atoms with Gasteiger partial charge in [0.05, 0.1) is 5.69 Å². The van der Waals surface area contributed by atoms with E-state index < -0.39 is 0 Å². The van der Waals surface area contributed by atoms with Gasteiger partial charge < -0.3 is 4.57 Å². The molecule has 2 rings (SSSR count). The van der Waals surface area contributed by atoms with E-state index in [0.717, 1.165) is 22.9 Å². The van der Waals surface area contributed by atoms with Gasteiger partial charge in [-0.2, -0.15) is 0 Å². The predicted octanol–water partition coefficient (Wildman–Crippen LogP) is 2.73. The van der Waals surface area contributed by atoms with Gasteiger partial charge in [0.2, 0.25) is 0 Å². The molecule has 1 aromatic heterocycles. The number of benzene rings is 1. The zero-order valence-corrected chi connectivity index (χ0v) is 8.94. The van der Waals surface area contributed by atoms with Crippen LogP contribution >= 0.6 is 0 Å². The van der Waals surface area contributed by atoms with Crippen LogP contribution in [0.5, 0.6) is 0 Å². The Morgan fingerprint density at radius 1 is 1.27 bits per heavy atom. The molecule has 0 unspecified atom stereocenters. The highest BCUT2D eigenvalue weighted by atomic mass is 15.1. The lowest BCUT2D eigenvalue weighted by Gasteiger charge is -2.01. The molecule has 0 aliphatic carbocycles. The van der Waals surface area contributed by atoms with Gasteiger partial charge in [0.1, 0.15) is 5.82 Å². The average molecular weight is 199 g/mol. The van der Waals surface area contributed by atoms with Crippen molar-refractivity contribution in [1.29, 1.82) is 0 Å². The lowest BCUT2D eigenvalue weighted by Crippen LogP contribution is -1.91. The average Bonchev–Trinajstić information content (AvgIpc) is 2.55. The normalized spacial score (nSPS) is 10.3. The van der Waals surface area contributed by atoms with E-state index in [0.29, 0.717) is 0 Å². The molecule has 76 valence electrons. The van der Waals surface area contributed by atoms with Gasteiger partial charge in [0.25, 0.3) is 0 Å². The topological polar surface area (TPSA) is 30.2 Å². The van der Waals surface area contributed by atoms with Crippen molar-refractivity contribution in [2.75, 3.05) is 0 Å². The van der Waals surface area contributed by atoms with E-state index in [2.05, 4.69) is 16.7 Å². The van der Waals surface area contributed by atoms with E-state index in [-0.39, 0.29) is 0 Å². The van der Waals surface area contributed by atoms with Gasteiger partial charge in [-0.25, -0.2) is 9.98 Å². The van der Waals surface area contributed by atoms with Gasteiger partial charge in [-0.15, -0.1) is 0 Å². The number of aryl methyl sites for hydroxylation is 1. The summed E-state index contributed by atoms with van der Waals surface area (Å²) in [5, 5.41) is 0. The van der Waals surface area contributed by atoms with E-state index in [1.807, 2.05) is 48.9 Å². The number of hydrogen-bond donors (Lipinski definition) is 0. The summed E-state index contributed by atoms with van der Waals surface area (Å²) in [7, 11) is 1.95. The maximum absolute atomic E-state index is 4.48. The van der Waals surface area contributed by atoms with Crippen molar-refractivity contribution in [3.05, 3.63) is 36.0 Å². The smallest absolute Gasteiger partial charge is 0.154 e. The van der Waals surface area contributed by atoms with Crippen LogP contribution in [0, 0.1) is 6.92 Å². The van der Waals surface area contributed by atoms with Crippen LogP contribution in [0.25, 0.3) is 11.4 Å². The van der Waals surface area contributed by atoms with E-state index >= 15 is 0 Å². The van der Waals surface area contributed by atoms with Gasteiger partial charge in [0, 0.05) is 12.6 Å². The van der Waals surface area contributed by atoms with Gasteiger partial charge >= 0.3 is 0 Å². The fourth-order valence-electron chi connectivity index (χ4n) is 1.69. The minimum Gasteiger partial charge on any atom is -0.312 e. The molecule has 0 amide bonds. The highest BCUT2D eigenvalue weighted by Crippen LogP contribution is 2.25. The Morgan fingerprint density at radius 2 is 1.93 bits per heavy atom. The molecule has 0 radical (unpaired) electrons. The third kappa shape index (κ3) is 1.56. The van der Waals surface area contributed by atoms with E-state index in [4.69, 9.17) is 0 Å². The summed E-state index contributed by atoms with van der Waals surface area (Å²) < 4.78 is 1.96. The number of imidazole rings is 1. The van der Waals surface area contributed by atoms with E-state index in [9.17, 15) is 0 Å². The summed E-state index contributed by atoms with van der Waals surface area (Å²) in [6, 6.07) is 10.1. The summed E-state index contributed by atoms with van der Waals surface area (Å²) in [6.45, 7) is 5.49. The Hall–Kier alpha value is -1.90. The van der Waals surface area contributed by atoms with Crippen LogP contribution in [0.15, 0.2) is 35.3 Å². The highest BCUT2D eigenvalue weighted by molar-refractivity contribution is 5.60. The molecule has 15 heavy (non-hydrogen) atoms. The Balaban J connectivity index is 2.60. The van der Waals surface area contributed by atoms with E-state index in [1.165, 1.54) is 0 Å². The van der Waals surface area contributed by atoms with Crippen molar-refractivity contribution >= 4 is 12.5 Å². The summed E-state index contributed by atoms with van der Waals surface area (Å²) in [6.07, 6.45) is 0. The molecule has 0 spiro atoms. The quantitative estimate of drug-likeness (QED) is 0.684. The molecule has 0 aliphatic heterocycles. The van der Waals surface area contributed by atoms with Crippen LogP contribution in [0.1, 0.15) is 5.69 Å². The number of hydrogen-bond acceptors (Lipinski definition) is 2. The van der Waals surface area contributed by atoms with Crippen molar-refractivity contribution < 1.29 is 0 Å². The first-order chi connectivity index (χ1) is 7.24. The van der Waals surface area contributed by atoms with Gasteiger partial charge in [-0.1, -0.05) is 30.3 Å². The number of aliphatic imine (C=N–C) groups is 1. The monoisotopic (exact) mass is 199 g/mol. The molecule has 3 heteroatoms. The molecule has 0 atom stereocenters. The second kappa shape index (κ2) is 3.69. The van der Waals surface area contributed by atoms with Crippen LogP contribution in [-0.2, 0) is 7.05 Å². The molecule has 1 aromatic carbocycles. The zero-order valence-electron chi connectivity index (χ0n) is 8.94. The van der Waals surface area contributed by atoms with Gasteiger partial charge in [0.15, 0.2) is 5.82 Å². The Morgan fingerprint density at radius 3 is 2.47 bits per heavy atom. The number of rotatable bonds is 2. The second-order valence-electron chi connectivity index (χ2n) is 3.43. The molecule has 2 aromatic rings. The lowest BCUT2D eigenvalue weighted by atomic mass is 10.2. The molecule has 0 fully saturated rings. The van der Waals surface area contributed by atoms with Crippen LogP contribution in [-0.4, -0.2) is 16.3 Å². The molecule has 0 aliphatic rings. The van der Waals surface area contributed by atoms with Crippen molar-refractivity contribution in [2.24, 2.45) is 12.0 Å². The van der Waals surface area contributed by atoms with Crippen LogP contribution in [0.3, 0.4) is 0 Å². The maximum Gasteiger partial charge on any atom is 0.154 e. The highest BCUT2D eigenvalue weighted by Gasteiger charge is 2.10.